The second-order valence-electron chi connectivity index (χ2n) is 4.95. The van der Waals surface area contributed by atoms with E-state index in [1.807, 2.05) is 0 Å². The van der Waals surface area contributed by atoms with E-state index in [0.29, 0.717) is 25.0 Å². The molecule has 0 aliphatic carbocycles. The number of rotatable bonds is 10. The lowest BCUT2D eigenvalue weighted by molar-refractivity contribution is -0.129. The van der Waals surface area contributed by atoms with E-state index in [1.54, 1.807) is 29.7 Å². The number of terminal acetylenes is 1. The summed E-state index contributed by atoms with van der Waals surface area (Å²) in [7, 11) is 0. The maximum atomic E-state index is 11.6. The molecule has 1 aromatic rings. The van der Waals surface area contributed by atoms with Crippen LogP contribution in [-0.2, 0) is 9.59 Å². The summed E-state index contributed by atoms with van der Waals surface area (Å²) in [5.74, 6) is 2.45. The number of nitrogens with zero attached hydrogens (tertiary/aromatic N) is 1. The number of amides is 2. The summed E-state index contributed by atoms with van der Waals surface area (Å²) < 4.78 is 5.25. The predicted octanol–water partition coefficient (Wildman–Crippen LogP) is 1.60. The summed E-state index contributed by atoms with van der Waals surface area (Å²) in [5, 5.41) is 12.2. The minimum Gasteiger partial charge on any atom is -0.481 e. The average molecular weight is 331 g/mol. The SMILES string of the molecule is C#CCOc1ccc(/C=N/NC(=O)CCCCCC(=O)NO)cc1. The molecule has 7 heteroatoms. The molecule has 0 aliphatic heterocycles. The first-order valence-corrected chi connectivity index (χ1v) is 7.57. The topological polar surface area (TPSA) is 100 Å². The number of carbonyl (C=O) groups excluding carboxylic acids is 2. The number of carbonyl (C=O) groups is 2. The lowest BCUT2D eigenvalue weighted by Gasteiger charge is -2.02. The van der Waals surface area contributed by atoms with Crippen LogP contribution in [0, 0.1) is 12.3 Å². The number of hydrogen-bond donors (Lipinski definition) is 3. The molecule has 3 N–H and O–H groups in total. The van der Waals surface area contributed by atoms with E-state index in [1.165, 1.54) is 6.21 Å². The van der Waals surface area contributed by atoms with Crippen LogP contribution in [0.25, 0.3) is 0 Å². The zero-order valence-electron chi connectivity index (χ0n) is 13.3. The van der Waals surface area contributed by atoms with Gasteiger partial charge in [0.05, 0.1) is 6.21 Å². The number of hydrazone groups is 1. The Labute approximate surface area is 141 Å². The Hall–Kier alpha value is -2.85. The third-order valence-corrected chi connectivity index (χ3v) is 3.04. The molecule has 0 saturated heterocycles. The van der Waals surface area contributed by atoms with Gasteiger partial charge >= 0.3 is 0 Å². The zero-order valence-corrected chi connectivity index (χ0v) is 13.3. The van der Waals surface area contributed by atoms with Crippen molar-refractivity contribution in [3.63, 3.8) is 0 Å². The van der Waals surface area contributed by atoms with Crippen LogP contribution in [-0.4, -0.2) is 29.8 Å². The molecule has 0 spiro atoms. The van der Waals surface area contributed by atoms with Gasteiger partial charge in [0.25, 0.3) is 0 Å². The summed E-state index contributed by atoms with van der Waals surface area (Å²) in [4.78, 5) is 22.4. The van der Waals surface area contributed by atoms with Crippen molar-refractivity contribution in [2.45, 2.75) is 32.1 Å². The van der Waals surface area contributed by atoms with E-state index in [2.05, 4.69) is 16.4 Å². The molecule has 2 amide bonds. The lowest BCUT2D eigenvalue weighted by Crippen LogP contribution is -2.18. The van der Waals surface area contributed by atoms with E-state index >= 15 is 0 Å². The third-order valence-electron chi connectivity index (χ3n) is 3.04. The molecular formula is C17H21N3O4. The monoisotopic (exact) mass is 331 g/mol. The van der Waals surface area contributed by atoms with Crippen LogP contribution in [0.2, 0.25) is 0 Å². The van der Waals surface area contributed by atoms with Gasteiger partial charge in [0.15, 0.2) is 0 Å². The van der Waals surface area contributed by atoms with Crippen molar-refractivity contribution >= 4 is 18.0 Å². The Morgan fingerprint density at radius 2 is 1.83 bits per heavy atom. The van der Waals surface area contributed by atoms with Crippen molar-refractivity contribution in [2.75, 3.05) is 6.61 Å². The molecule has 0 unspecified atom stereocenters. The summed E-state index contributed by atoms with van der Waals surface area (Å²) in [6.07, 6.45) is 9.22. The molecular weight excluding hydrogens is 310 g/mol. The maximum absolute atomic E-state index is 11.6. The van der Waals surface area contributed by atoms with E-state index in [0.717, 1.165) is 12.0 Å². The second kappa shape index (κ2) is 11.7. The molecule has 1 aromatic carbocycles. The number of hydroxylamine groups is 1. The van der Waals surface area contributed by atoms with Gasteiger partial charge in [-0.1, -0.05) is 12.3 Å². The Kier molecular flexibility index (Phi) is 9.34. The Bertz CT molecular complexity index is 591. The van der Waals surface area contributed by atoms with Crippen molar-refractivity contribution in [1.82, 2.24) is 10.9 Å². The van der Waals surface area contributed by atoms with Crippen LogP contribution in [0.15, 0.2) is 29.4 Å². The van der Waals surface area contributed by atoms with E-state index in [9.17, 15) is 9.59 Å². The first-order chi connectivity index (χ1) is 11.7. The highest BCUT2D eigenvalue weighted by molar-refractivity contribution is 5.82. The third kappa shape index (κ3) is 8.56. The minimum absolute atomic E-state index is 0.188. The number of benzene rings is 1. The highest BCUT2D eigenvalue weighted by Gasteiger charge is 2.01. The highest BCUT2D eigenvalue weighted by atomic mass is 16.5. The standard InChI is InChI=1S/C17H21N3O4/c1-2-12-24-15-10-8-14(9-11-15)13-18-19-16(21)6-4-3-5-7-17(22)20-23/h1,8-11,13,23H,3-7,12H2,(H,19,21)(H,20,22)/b18-13+. The first-order valence-electron chi connectivity index (χ1n) is 7.57. The van der Waals surface area contributed by atoms with Crippen LogP contribution >= 0.6 is 0 Å². The van der Waals surface area contributed by atoms with Gasteiger partial charge in [0, 0.05) is 12.8 Å². The Morgan fingerprint density at radius 1 is 1.17 bits per heavy atom. The summed E-state index contributed by atoms with van der Waals surface area (Å²) >= 11 is 0. The number of hydrogen-bond acceptors (Lipinski definition) is 5. The van der Waals surface area contributed by atoms with Gasteiger partial charge in [-0.05, 0) is 42.7 Å². The fourth-order valence-corrected chi connectivity index (χ4v) is 1.81. The Balaban J connectivity index is 2.20. The fraction of sp³-hybridized carbons (Fsp3) is 0.353. The van der Waals surface area contributed by atoms with Crippen LogP contribution in [0.4, 0.5) is 0 Å². The van der Waals surface area contributed by atoms with Crippen LogP contribution < -0.4 is 15.6 Å². The molecule has 1 rings (SSSR count). The largest absolute Gasteiger partial charge is 0.481 e. The molecule has 0 radical (unpaired) electrons. The molecule has 0 heterocycles. The van der Waals surface area contributed by atoms with Gasteiger partial charge < -0.3 is 4.74 Å². The van der Waals surface area contributed by atoms with Gasteiger partial charge in [0.2, 0.25) is 11.8 Å². The zero-order chi connectivity index (χ0) is 17.6. The maximum Gasteiger partial charge on any atom is 0.243 e. The average Bonchev–Trinajstić information content (AvgIpc) is 2.60. The second-order valence-corrected chi connectivity index (χ2v) is 4.95. The van der Waals surface area contributed by atoms with E-state index in [-0.39, 0.29) is 18.9 Å². The molecule has 0 atom stereocenters. The predicted molar refractivity (Wildman–Crippen MR) is 89.5 cm³/mol. The molecule has 24 heavy (non-hydrogen) atoms. The van der Waals surface area contributed by atoms with Crippen molar-refractivity contribution in [3.05, 3.63) is 29.8 Å². The van der Waals surface area contributed by atoms with E-state index in [4.69, 9.17) is 16.4 Å². The summed E-state index contributed by atoms with van der Waals surface area (Å²) in [5.41, 5.74) is 4.83. The molecule has 128 valence electrons. The molecule has 0 aliphatic rings. The number of unbranched alkanes of at least 4 members (excludes halogenated alkanes) is 2. The van der Waals surface area contributed by atoms with Gasteiger partial charge in [-0.3, -0.25) is 14.8 Å². The van der Waals surface area contributed by atoms with Gasteiger partial charge in [-0.2, -0.15) is 5.10 Å². The lowest BCUT2D eigenvalue weighted by atomic mass is 10.1. The Morgan fingerprint density at radius 3 is 2.46 bits per heavy atom. The molecule has 7 nitrogen and oxygen atoms in total. The van der Waals surface area contributed by atoms with Crippen molar-refractivity contribution in [1.29, 1.82) is 0 Å². The van der Waals surface area contributed by atoms with Crippen molar-refractivity contribution in [3.8, 4) is 18.1 Å². The molecule has 0 saturated carbocycles. The van der Waals surface area contributed by atoms with Gasteiger partial charge in [0.1, 0.15) is 12.4 Å². The van der Waals surface area contributed by atoms with Gasteiger partial charge in [-0.25, -0.2) is 10.9 Å². The van der Waals surface area contributed by atoms with Crippen LogP contribution in [0.1, 0.15) is 37.7 Å². The quantitative estimate of drug-likeness (QED) is 0.199. The van der Waals surface area contributed by atoms with Crippen molar-refractivity contribution < 1.29 is 19.5 Å². The summed E-state index contributed by atoms with van der Waals surface area (Å²) in [6, 6.07) is 7.13. The fourth-order valence-electron chi connectivity index (χ4n) is 1.81. The molecule has 0 aromatic heterocycles. The highest BCUT2D eigenvalue weighted by Crippen LogP contribution is 2.10. The first kappa shape index (κ1) is 19.2. The van der Waals surface area contributed by atoms with E-state index < -0.39 is 5.91 Å². The van der Waals surface area contributed by atoms with Crippen LogP contribution in [0.5, 0.6) is 5.75 Å². The number of ether oxygens (including phenoxy) is 1. The molecule has 0 bridgehead atoms. The van der Waals surface area contributed by atoms with Crippen molar-refractivity contribution in [2.24, 2.45) is 5.10 Å². The summed E-state index contributed by atoms with van der Waals surface area (Å²) in [6.45, 7) is 0.216. The minimum atomic E-state index is -0.417. The normalized spacial score (nSPS) is 10.2. The number of nitrogens with one attached hydrogen (secondary N) is 2. The molecule has 0 fully saturated rings. The smallest absolute Gasteiger partial charge is 0.243 e. The van der Waals surface area contributed by atoms with Gasteiger partial charge in [-0.15, -0.1) is 6.42 Å². The van der Waals surface area contributed by atoms with Crippen LogP contribution in [0.3, 0.4) is 0 Å².